The fourth-order valence-electron chi connectivity index (χ4n) is 5.47. The predicted molar refractivity (Wildman–Crippen MR) is 203 cm³/mol. The molecule has 0 saturated heterocycles. The molecule has 9 heteroatoms. The van der Waals surface area contributed by atoms with Crippen molar-refractivity contribution in [1.29, 1.82) is 0 Å². The monoisotopic (exact) mass is 684 g/mol. The Bertz CT molecular complexity index is 1650. The van der Waals surface area contributed by atoms with Crippen molar-refractivity contribution in [3.63, 3.8) is 0 Å². The second-order valence-corrected chi connectivity index (χ2v) is 13.9. The van der Waals surface area contributed by atoms with Crippen LogP contribution >= 0.6 is 0 Å². The van der Waals surface area contributed by atoms with Gasteiger partial charge in [-0.05, 0) is 97.0 Å². The van der Waals surface area contributed by atoms with Gasteiger partial charge in [-0.1, -0.05) is 52.3 Å². The molecule has 1 atom stereocenters. The maximum Gasteiger partial charge on any atom is 0.248 e. The van der Waals surface area contributed by atoms with E-state index in [4.69, 9.17) is 9.47 Å². The Morgan fingerprint density at radius 1 is 0.959 bits per heavy atom. The van der Waals surface area contributed by atoms with Crippen LogP contribution in [-0.2, 0) is 32.6 Å². The summed E-state index contributed by atoms with van der Waals surface area (Å²) < 4.78 is 26.5. The number of hydrogen-bond donors (Lipinski definition) is 1. The molecule has 1 N–H and O–H groups in total. The van der Waals surface area contributed by atoms with Crippen LogP contribution in [0.2, 0.25) is 0 Å². The van der Waals surface area contributed by atoms with Gasteiger partial charge in [0.25, 0.3) is 0 Å². The van der Waals surface area contributed by atoms with Gasteiger partial charge in [0.15, 0.2) is 0 Å². The molecular weight excluding hydrogens is 633 g/mol. The highest BCUT2D eigenvalue weighted by molar-refractivity contribution is 7.84. The molecule has 0 saturated carbocycles. The van der Waals surface area contributed by atoms with E-state index in [1.54, 1.807) is 42.9 Å². The third-order valence-corrected chi connectivity index (χ3v) is 9.36. The number of anilines is 2. The molecule has 262 valence electrons. The van der Waals surface area contributed by atoms with E-state index in [0.29, 0.717) is 35.5 Å². The van der Waals surface area contributed by atoms with E-state index in [1.165, 1.54) is 0 Å². The van der Waals surface area contributed by atoms with Crippen LogP contribution in [0.4, 0.5) is 11.4 Å². The topological polar surface area (TPSA) is 85.7 Å². The molecule has 0 aliphatic carbocycles. The van der Waals surface area contributed by atoms with Gasteiger partial charge in [0.1, 0.15) is 12.4 Å². The maximum atomic E-state index is 13.1. The first kappa shape index (κ1) is 37.6. The molecule has 3 aromatic carbocycles. The second-order valence-electron chi connectivity index (χ2n) is 12.5. The third-order valence-electron chi connectivity index (χ3n) is 8.00. The second kappa shape index (κ2) is 19.7. The molecule has 0 aliphatic rings. The van der Waals surface area contributed by atoms with Crippen molar-refractivity contribution >= 4 is 34.2 Å². The molecule has 1 heterocycles. The number of carbonyl (C=O) groups is 1. The highest BCUT2D eigenvalue weighted by atomic mass is 32.2. The SMILES string of the molecule is CCCCOCCOc1ccc(-c2ccc(N(CC)CC(C)C)c(C=CC(=O)Nc3ccc(S(=O)Cc4cncn4CCC)cc3)c2)cc1. The first-order chi connectivity index (χ1) is 23.8. The smallest absolute Gasteiger partial charge is 0.248 e. The van der Waals surface area contributed by atoms with E-state index in [0.717, 1.165) is 79.3 Å². The number of imidazole rings is 1. The Labute approximate surface area is 295 Å². The summed E-state index contributed by atoms with van der Waals surface area (Å²) in [6.07, 6.45) is 10.2. The highest BCUT2D eigenvalue weighted by Crippen LogP contribution is 2.30. The van der Waals surface area contributed by atoms with Gasteiger partial charge in [-0.25, -0.2) is 4.98 Å². The van der Waals surface area contributed by atoms with Gasteiger partial charge in [0, 0.05) is 54.8 Å². The van der Waals surface area contributed by atoms with Crippen molar-refractivity contribution in [3.8, 4) is 16.9 Å². The number of aryl methyl sites for hydroxylation is 1. The molecule has 0 aliphatic heterocycles. The molecule has 0 fully saturated rings. The first-order valence-electron chi connectivity index (χ1n) is 17.5. The predicted octanol–water partition coefficient (Wildman–Crippen LogP) is 8.60. The number of hydrogen-bond acceptors (Lipinski definition) is 6. The van der Waals surface area contributed by atoms with Gasteiger partial charge in [-0.3, -0.25) is 9.00 Å². The summed E-state index contributed by atoms with van der Waals surface area (Å²) in [7, 11) is -1.22. The van der Waals surface area contributed by atoms with Crippen molar-refractivity contribution < 1.29 is 18.5 Å². The molecule has 49 heavy (non-hydrogen) atoms. The van der Waals surface area contributed by atoms with Crippen molar-refractivity contribution in [2.45, 2.75) is 71.1 Å². The number of rotatable bonds is 20. The number of ether oxygens (including phenoxy) is 2. The van der Waals surface area contributed by atoms with Crippen molar-refractivity contribution in [3.05, 3.63) is 96.6 Å². The zero-order valence-electron chi connectivity index (χ0n) is 29.7. The van der Waals surface area contributed by atoms with Crippen LogP contribution in [-0.4, -0.2) is 52.6 Å². The Kier molecular flexibility index (Phi) is 15.1. The van der Waals surface area contributed by atoms with E-state index in [9.17, 15) is 9.00 Å². The van der Waals surface area contributed by atoms with E-state index in [-0.39, 0.29) is 5.91 Å². The zero-order valence-corrected chi connectivity index (χ0v) is 30.5. The number of unbranched alkanes of at least 4 members (excludes halogenated alkanes) is 1. The summed E-state index contributed by atoms with van der Waals surface area (Å²) in [4.78, 5) is 20.4. The quantitative estimate of drug-likeness (QED) is 0.0742. The van der Waals surface area contributed by atoms with E-state index >= 15 is 0 Å². The maximum absolute atomic E-state index is 13.1. The van der Waals surface area contributed by atoms with Gasteiger partial charge < -0.3 is 24.3 Å². The van der Waals surface area contributed by atoms with Gasteiger partial charge in [-0.15, -0.1) is 0 Å². The van der Waals surface area contributed by atoms with E-state index in [1.807, 2.05) is 22.8 Å². The number of nitrogens with one attached hydrogen (secondary N) is 1. The summed E-state index contributed by atoms with van der Waals surface area (Å²) >= 11 is 0. The summed E-state index contributed by atoms with van der Waals surface area (Å²) in [5.74, 6) is 1.46. The molecule has 1 aromatic heterocycles. The molecular formula is C40H52N4O4S. The largest absolute Gasteiger partial charge is 0.491 e. The molecule has 0 bridgehead atoms. The molecule has 8 nitrogen and oxygen atoms in total. The van der Waals surface area contributed by atoms with Crippen LogP contribution in [0.1, 0.15) is 65.1 Å². The first-order valence-corrected chi connectivity index (χ1v) is 18.8. The Morgan fingerprint density at radius 3 is 2.41 bits per heavy atom. The van der Waals surface area contributed by atoms with Crippen LogP contribution in [0.25, 0.3) is 17.2 Å². The number of carbonyl (C=O) groups excluding carboxylic acids is 1. The fourth-order valence-corrected chi connectivity index (χ4v) is 6.59. The Morgan fingerprint density at radius 2 is 1.71 bits per heavy atom. The molecule has 0 spiro atoms. The van der Waals surface area contributed by atoms with Gasteiger partial charge in [-0.2, -0.15) is 0 Å². The minimum Gasteiger partial charge on any atom is -0.491 e. The number of nitrogens with zero attached hydrogens (tertiary/aromatic N) is 3. The van der Waals surface area contributed by atoms with Gasteiger partial charge >= 0.3 is 0 Å². The lowest BCUT2D eigenvalue weighted by molar-refractivity contribution is -0.111. The molecule has 0 radical (unpaired) electrons. The van der Waals surface area contributed by atoms with Gasteiger partial charge in [0.05, 0.1) is 35.2 Å². The van der Waals surface area contributed by atoms with Gasteiger partial charge in [0.2, 0.25) is 5.91 Å². The number of benzene rings is 3. The van der Waals surface area contributed by atoms with Crippen molar-refractivity contribution in [2.24, 2.45) is 5.92 Å². The van der Waals surface area contributed by atoms with Crippen molar-refractivity contribution in [1.82, 2.24) is 9.55 Å². The summed E-state index contributed by atoms with van der Waals surface area (Å²) in [5, 5.41) is 2.95. The lowest BCUT2D eigenvalue weighted by atomic mass is 10.00. The van der Waals surface area contributed by atoms with E-state index in [2.05, 4.69) is 80.2 Å². The molecule has 4 rings (SSSR count). The van der Waals surface area contributed by atoms with Crippen LogP contribution < -0.4 is 15.0 Å². The zero-order chi connectivity index (χ0) is 35.0. The molecule has 1 unspecified atom stereocenters. The number of amides is 1. The third kappa shape index (κ3) is 11.7. The molecule has 1 amide bonds. The van der Waals surface area contributed by atoms with Crippen LogP contribution in [0.15, 0.2) is 90.2 Å². The summed E-state index contributed by atoms with van der Waals surface area (Å²) in [5.41, 5.74) is 5.76. The standard InChI is InChI=1S/C40H52N4O4S/c1-6-9-23-47-24-25-48-37-16-10-32(11-17-37)33-12-20-39(43(8-3)28-31(4)5)34(26-33)13-21-40(45)42-35-14-18-38(19-15-35)49(46)29-36-27-41-30-44(36)22-7-2/h10-21,26-27,30-31H,6-9,22-25,28-29H2,1-5H3,(H,42,45). The van der Waals surface area contributed by atoms with Crippen LogP contribution in [0.5, 0.6) is 5.75 Å². The van der Waals surface area contributed by atoms with Crippen LogP contribution in [0, 0.1) is 5.92 Å². The summed E-state index contributed by atoms with van der Waals surface area (Å²) in [6, 6.07) is 21.7. The average molecular weight is 685 g/mol. The number of aromatic nitrogens is 2. The minimum absolute atomic E-state index is 0.235. The van der Waals surface area contributed by atoms with Crippen LogP contribution in [0.3, 0.4) is 0 Å². The summed E-state index contributed by atoms with van der Waals surface area (Å²) in [6.45, 7) is 15.3. The lowest BCUT2D eigenvalue weighted by Crippen LogP contribution is -2.27. The van der Waals surface area contributed by atoms with E-state index < -0.39 is 10.8 Å². The molecule has 4 aromatic rings. The average Bonchev–Trinajstić information content (AvgIpc) is 3.54. The highest BCUT2D eigenvalue weighted by Gasteiger charge is 2.13. The lowest BCUT2D eigenvalue weighted by Gasteiger charge is -2.27. The van der Waals surface area contributed by atoms with Crippen molar-refractivity contribution in [2.75, 3.05) is 43.1 Å². The Balaban J connectivity index is 1.44. The fraction of sp³-hybridized carbons (Fsp3) is 0.400. The Hall–Kier alpha value is -4.21. The minimum atomic E-state index is -1.22. The normalized spacial score (nSPS) is 12.0.